The molecule has 0 saturated heterocycles. The number of benzene rings is 1. The summed E-state index contributed by atoms with van der Waals surface area (Å²) in [4.78, 5) is 0. The van der Waals surface area contributed by atoms with Crippen LogP contribution in [0, 0.1) is 17.7 Å². The van der Waals surface area contributed by atoms with Crippen LogP contribution in [0.4, 0.5) is 4.39 Å². The summed E-state index contributed by atoms with van der Waals surface area (Å²) in [6.45, 7) is 6.76. The van der Waals surface area contributed by atoms with Gasteiger partial charge in [-0.2, -0.15) is 0 Å². The van der Waals surface area contributed by atoms with E-state index in [-0.39, 0.29) is 12.4 Å². The van der Waals surface area contributed by atoms with E-state index in [4.69, 9.17) is 4.74 Å². The lowest BCUT2D eigenvalue weighted by atomic mass is 10.2. The first-order chi connectivity index (χ1) is 8.11. The molecule has 1 aromatic rings. The lowest BCUT2D eigenvalue weighted by molar-refractivity contribution is 0.367. The van der Waals surface area contributed by atoms with E-state index < -0.39 is 0 Å². The van der Waals surface area contributed by atoms with E-state index in [1.165, 1.54) is 12.1 Å². The third-order valence-electron chi connectivity index (χ3n) is 2.13. The zero-order chi connectivity index (χ0) is 12.7. The molecule has 0 aliphatic heterocycles. The largest absolute Gasteiger partial charge is 0.481 e. The molecule has 0 aliphatic carbocycles. The second-order valence-electron chi connectivity index (χ2n) is 4.05. The molecule has 92 valence electrons. The van der Waals surface area contributed by atoms with Crippen LogP contribution in [0.5, 0.6) is 5.75 Å². The van der Waals surface area contributed by atoms with Crippen molar-refractivity contribution in [2.24, 2.45) is 0 Å². The molecule has 2 nitrogen and oxygen atoms in total. The van der Waals surface area contributed by atoms with Gasteiger partial charge in [0.1, 0.15) is 18.2 Å². The Labute approximate surface area is 102 Å². The highest BCUT2D eigenvalue weighted by Gasteiger charge is 2.02. The average Bonchev–Trinajstić information content (AvgIpc) is 2.26. The van der Waals surface area contributed by atoms with Gasteiger partial charge in [0.05, 0.1) is 0 Å². The monoisotopic (exact) mass is 235 g/mol. The molecule has 0 spiro atoms. The minimum absolute atomic E-state index is 0.285. The topological polar surface area (TPSA) is 21.3 Å². The first-order valence-corrected chi connectivity index (χ1v) is 5.67. The van der Waals surface area contributed by atoms with Crippen molar-refractivity contribution in [2.75, 3.05) is 6.61 Å². The summed E-state index contributed by atoms with van der Waals surface area (Å²) in [6, 6.07) is 5.08. The molecular weight excluding hydrogens is 217 g/mol. The highest BCUT2D eigenvalue weighted by atomic mass is 19.1. The van der Waals surface area contributed by atoms with Crippen molar-refractivity contribution in [2.45, 2.75) is 33.4 Å². The number of halogens is 1. The normalized spacial score (nSPS) is 9.94. The Balaban J connectivity index is 2.67. The van der Waals surface area contributed by atoms with E-state index in [1.54, 1.807) is 6.92 Å². The van der Waals surface area contributed by atoms with E-state index >= 15 is 0 Å². The van der Waals surface area contributed by atoms with E-state index in [9.17, 15) is 4.39 Å². The minimum Gasteiger partial charge on any atom is -0.481 e. The smallest absolute Gasteiger partial charge is 0.149 e. The van der Waals surface area contributed by atoms with Gasteiger partial charge in [-0.1, -0.05) is 19.8 Å². The number of rotatable bonds is 5. The second-order valence-corrected chi connectivity index (χ2v) is 4.05. The summed E-state index contributed by atoms with van der Waals surface area (Å²) in [5.41, 5.74) is 0.873. The lowest BCUT2D eigenvalue weighted by Crippen LogP contribution is -2.21. The zero-order valence-electron chi connectivity index (χ0n) is 10.5. The van der Waals surface area contributed by atoms with Gasteiger partial charge in [-0.3, -0.25) is 0 Å². The Morgan fingerprint density at radius 2 is 2.12 bits per heavy atom. The lowest BCUT2D eigenvalue weighted by Gasteiger charge is -2.10. The summed E-state index contributed by atoms with van der Waals surface area (Å²) < 4.78 is 18.7. The van der Waals surface area contributed by atoms with Gasteiger partial charge in [-0.25, -0.2) is 4.39 Å². The molecule has 0 saturated carbocycles. The molecule has 1 aromatic carbocycles. The van der Waals surface area contributed by atoms with E-state index in [2.05, 4.69) is 17.2 Å². The zero-order valence-corrected chi connectivity index (χ0v) is 10.5. The van der Waals surface area contributed by atoms with Gasteiger partial charge in [0.25, 0.3) is 0 Å². The third kappa shape index (κ3) is 5.37. The van der Waals surface area contributed by atoms with Crippen molar-refractivity contribution in [1.29, 1.82) is 0 Å². The maximum atomic E-state index is 13.3. The number of hydrogen-bond donors (Lipinski definition) is 1. The maximum Gasteiger partial charge on any atom is 0.149 e. The molecule has 3 heteroatoms. The molecule has 0 atom stereocenters. The van der Waals surface area contributed by atoms with Crippen LogP contribution in [0.25, 0.3) is 0 Å². The molecule has 0 bridgehead atoms. The van der Waals surface area contributed by atoms with Gasteiger partial charge in [-0.15, -0.1) is 5.92 Å². The highest BCUT2D eigenvalue weighted by Crippen LogP contribution is 2.16. The molecule has 0 aliphatic rings. The van der Waals surface area contributed by atoms with E-state index in [0.717, 1.165) is 5.56 Å². The Morgan fingerprint density at radius 1 is 1.35 bits per heavy atom. The predicted octanol–water partition coefficient (Wildman–Crippen LogP) is 2.73. The molecular formula is C14H18FNO. The molecule has 0 amide bonds. The van der Waals surface area contributed by atoms with Crippen LogP contribution in [-0.2, 0) is 6.54 Å². The highest BCUT2D eigenvalue weighted by molar-refractivity contribution is 5.30. The van der Waals surface area contributed by atoms with Crippen molar-refractivity contribution in [3.8, 4) is 17.6 Å². The number of hydrogen-bond acceptors (Lipinski definition) is 2. The van der Waals surface area contributed by atoms with Gasteiger partial charge in [0.2, 0.25) is 0 Å². The molecule has 0 fully saturated rings. The fourth-order valence-electron chi connectivity index (χ4n) is 1.32. The minimum atomic E-state index is -0.285. The van der Waals surface area contributed by atoms with Crippen molar-refractivity contribution in [3.63, 3.8) is 0 Å². The number of ether oxygens (including phenoxy) is 1. The quantitative estimate of drug-likeness (QED) is 0.792. The van der Waals surface area contributed by atoms with Crippen molar-refractivity contribution in [3.05, 3.63) is 29.6 Å². The summed E-state index contributed by atoms with van der Waals surface area (Å²) in [5.74, 6) is 5.74. The summed E-state index contributed by atoms with van der Waals surface area (Å²) >= 11 is 0. The molecule has 0 radical (unpaired) electrons. The molecule has 0 heterocycles. The molecule has 0 unspecified atom stereocenters. The Hall–Kier alpha value is -1.53. The van der Waals surface area contributed by atoms with Crippen LogP contribution in [0.3, 0.4) is 0 Å². The van der Waals surface area contributed by atoms with Crippen LogP contribution in [0.1, 0.15) is 26.3 Å². The van der Waals surface area contributed by atoms with Crippen LogP contribution in [0.15, 0.2) is 18.2 Å². The number of nitrogens with one attached hydrogen (secondary N) is 1. The first-order valence-electron chi connectivity index (χ1n) is 5.67. The standard InChI is InChI=1S/C14H18FNO/c1-4-5-6-17-14-8-12(7-13(15)9-14)10-16-11(2)3/h7-9,11,16H,6,10H2,1-3H3. The van der Waals surface area contributed by atoms with Gasteiger partial charge in [0.15, 0.2) is 0 Å². The van der Waals surface area contributed by atoms with Crippen LogP contribution >= 0.6 is 0 Å². The van der Waals surface area contributed by atoms with Gasteiger partial charge >= 0.3 is 0 Å². The molecule has 17 heavy (non-hydrogen) atoms. The van der Waals surface area contributed by atoms with Gasteiger partial charge < -0.3 is 10.1 Å². The van der Waals surface area contributed by atoms with Gasteiger partial charge in [-0.05, 0) is 24.6 Å². The van der Waals surface area contributed by atoms with Gasteiger partial charge in [0, 0.05) is 18.7 Å². The summed E-state index contributed by atoms with van der Waals surface area (Å²) in [5, 5.41) is 3.23. The van der Waals surface area contributed by atoms with Crippen LogP contribution in [-0.4, -0.2) is 12.6 Å². The van der Waals surface area contributed by atoms with Crippen molar-refractivity contribution < 1.29 is 9.13 Å². The van der Waals surface area contributed by atoms with E-state index in [0.29, 0.717) is 18.3 Å². The maximum absolute atomic E-state index is 13.3. The summed E-state index contributed by atoms with van der Waals surface area (Å²) in [7, 11) is 0. The second kappa shape index (κ2) is 6.93. The average molecular weight is 235 g/mol. The van der Waals surface area contributed by atoms with Crippen molar-refractivity contribution >= 4 is 0 Å². The van der Waals surface area contributed by atoms with Crippen LogP contribution in [0.2, 0.25) is 0 Å². The fraction of sp³-hybridized carbons (Fsp3) is 0.429. The predicted molar refractivity (Wildman–Crippen MR) is 67.3 cm³/mol. The van der Waals surface area contributed by atoms with Crippen molar-refractivity contribution in [1.82, 2.24) is 5.32 Å². The Kier molecular flexibility index (Phi) is 5.51. The first kappa shape index (κ1) is 13.5. The Morgan fingerprint density at radius 3 is 2.76 bits per heavy atom. The fourth-order valence-corrected chi connectivity index (χ4v) is 1.32. The SMILES string of the molecule is CC#CCOc1cc(F)cc(CNC(C)C)c1. The van der Waals surface area contributed by atoms with Crippen LogP contribution < -0.4 is 10.1 Å². The molecule has 1 N–H and O–H groups in total. The molecule has 0 aromatic heterocycles. The third-order valence-corrected chi connectivity index (χ3v) is 2.13. The summed E-state index contributed by atoms with van der Waals surface area (Å²) in [6.07, 6.45) is 0. The Bertz CT molecular complexity index is 418. The van der Waals surface area contributed by atoms with E-state index in [1.807, 2.05) is 19.9 Å². The molecule has 1 rings (SSSR count).